The standard InChI is InChI=1S/C22H31ClN2O2/c1-21(2,3)18-10-16(4-5-19(18)23)15-6-8-25(9-7-15)20(26)17-11-22(12-17)13-27-14-24-22/h4-5,10,15,17,24H,6-9,11-14H2,1-3H3. The predicted molar refractivity (Wildman–Crippen MR) is 108 cm³/mol. The summed E-state index contributed by atoms with van der Waals surface area (Å²) in [6.45, 7) is 9.73. The van der Waals surface area contributed by atoms with Crippen molar-refractivity contribution in [1.29, 1.82) is 0 Å². The monoisotopic (exact) mass is 390 g/mol. The third kappa shape index (κ3) is 3.76. The third-order valence-corrected chi connectivity index (χ3v) is 6.96. The lowest BCUT2D eigenvalue weighted by Gasteiger charge is -2.45. The molecule has 2 heterocycles. The molecule has 1 aliphatic carbocycles. The highest BCUT2D eigenvalue weighted by molar-refractivity contribution is 6.31. The topological polar surface area (TPSA) is 41.6 Å². The molecule has 0 unspecified atom stereocenters. The van der Waals surface area contributed by atoms with E-state index in [9.17, 15) is 4.79 Å². The van der Waals surface area contributed by atoms with Crippen molar-refractivity contribution in [1.82, 2.24) is 10.2 Å². The first-order valence-corrected chi connectivity index (χ1v) is 10.6. The number of hydrogen-bond donors (Lipinski definition) is 1. The molecule has 1 saturated carbocycles. The molecule has 27 heavy (non-hydrogen) atoms. The molecular weight excluding hydrogens is 360 g/mol. The molecule has 1 aromatic carbocycles. The van der Waals surface area contributed by atoms with E-state index in [4.69, 9.17) is 16.3 Å². The minimum atomic E-state index is 0.0436. The molecule has 0 aromatic heterocycles. The maximum Gasteiger partial charge on any atom is 0.225 e. The molecule has 1 amide bonds. The zero-order chi connectivity index (χ0) is 19.2. The number of nitrogens with zero attached hydrogens (tertiary/aromatic N) is 1. The SMILES string of the molecule is CC(C)(C)c1cc(C2CCN(C(=O)C3CC4(COCN4)C3)CC2)ccc1Cl. The van der Waals surface area contributed by atoms with Crippen molar-refractivity contribution in [3.05, 3.63) is 34.3 Å². The molecule has 3 aliphatic rings. The number of likely N-dealkylation sites (tertiary alicyclic amines) is 1. The Balaban J connectivity index is 1.35. The summed E-state index contributed by atoms with van der Waals surface area (Å²) < 4.78 is 5.44. The molecular formula is C22H31ClN2O2. The van der Waals surface area contributed by atoms with E-state index in [0.29, 0.717) is 18.6 Å². The summed E-state index contributed by atoms with van der Waals surface area (Å²) in [6.07, 6.45) is 3.93. The average molecular weight is 391 g/mol. The Morgan fingerprint density at radius 3 is 2.56 bits per heavy atom. The first-order valence-electron chi connectivity index (χ1n) is 10.2. The quantitative estimate of drug-likeness (QED) is 0.827. The largest absolute Gasteiger partial charge is 0.364 e. The molecule has 3 fully saturated rings. The van der Waals surface area contributed by atoms with Crippen LogP contribution in [0.4, 0.5) is 0 Å². The van der Waals surface area contributed by atoms with Crippen molar-refractivity contribution >= 4 is 17.5 Å². The Morgan fingerprint density at radius 2 is 1.96 bits per heavy atom. The Bertz CT molecular complexity index is 706. The van der Waals surface area contributed by atoms with Crippen LogP contribution < -0.4 is 5.32 Å². The summed E-state index contributed by atoms with van der Waals surface area (Å²) in [5.41, 5.74) is 2.71. The van der Waals surface area contributed by atoms with E-state index < -0.39 is 0 Å². The van der Waals surface area contributed by atoms with E-state index in [1.54, 1.807) is 0 Å². The van der Waals surface area contributed by atoms with E-state index in [2.05, 4.69) is 43.1 Å². The first-order chi connectivity index (χ1) is 12.8. The highest BCUT2D eigenvalue weighted by Crippen LogP contribution is 2.42. The molecule has 1 spiro atoms. The number of piperidine rings is 1. The number of benzene rings is 1. The smallest absolute Gasteiger partial charge is 0.225 e. The van der Waals surface area contributed by atoms with Crippen LogP contribution in [0.5, 0.6) is 0 Å². The lowest BCUT2D eigenvalue weighted by atomic mass is 9.68. The number of ether oxygens (including phenoxy) is 1. The lowest BCUT2D eigenvalue weighted by Crippen LogP contribution is -2.58. The van der Waals surface area contributed by atoms with Gasteiger partial charge < -0.3 is 9.64 Å². The van der Waals surface area contributed by atoms with Crippen molar-refractivity contribution in [2.75, 3.05) is 26.4 Å². The molecule has 2 saturated heterocycles. The van der Waals surface area contributed by atoms with E-state index in [-0.39, 0.29) is 16.9 Å². The maximum atomic E-state index is 12.8. The van der Waals surface area contributed by atoms with Gasteiger partial charge in [-0.25, -0.2) is 0 Å². The fraction of sp³-hybridized carbons (Fsp3) is 0.682. The number of amides is 1. The number of carbonyl (C=O) groups is 1. The van der Waals surface area contributed by atoms with E-state index >= 15 is 0 Å². The van der Waals surface area contributed by atoms with Gasteiger partial charge in [0.1, 0.15) is 0 Å². The van der Waals surface area contributed by atoms with Gasteiger partial charge in [-0.2, -0.15) is 0 Å². The Morgan fingerprint density at radius 1 is 1.26 bits per heavy atom. The zero-order valence-corrected chi connectivity index (χ0v) is 17.4. The van der Waals surface area contributed by atoms with Gasteiger partial charge in [-0.15, -0.1) is 0 Å². The van der Waals surface area contributed by atoms with Crippen LogP contribution in [0.25, 0.3) is 0 Å². The lowest BCUT2D eigenvalue weighted by molar-refractivity contribution is -0.142. The summed E-state index contributed by atoms with van der Waals surface area (Å²) in [5, 5.41) is 4.25. The number of nitrogens with one attached hydrogen (secondary N) is 1. The van der Waals surface area contributed by atoms with E-state index in [1.165, 1.54) is 11.1 Å². The minimum absolute atomic E-state index is 0.0436. The first kappa shape index (κ1) is 19.2. The highest BCUT2D eigenvalue weighted by Gasteiger charge is 2.50. The number of halogens is 1. The van der Waals surface area contributed by atoms with Gasteiger partial charge in [-0.3, -0.25) is 10.1 Å². The van der Waals surface area contributed by atoms with Crippen molar-refractivity contribution in [2.24, 2.45) is 5.92 Å². The zero-order valence-electron chi connectivity index (χ0n) is 16.7. The van der Waals surface area contributed by atoms with Gasteiger partial charge in [-0.1, -0.05) is 44.5 Å². The second kappa shape index (κ2) is 7.06. The van der Waals surface area contributed by atoms with E-state index in [0.717, 1.165) is 50.4 Å². The normalized spacial score (nSPS) is 29.2. The average Bonchev–Trinajstić information content (AvgIpc) is 3.10. The minimum Gasteiger partial charge on any atom is -0.364 e. The van der Waals surface area contributed by atoms with Gasteiger partial charge in [0, 0.05) is 29.6 Å². The van der Waals surface area contributed by atoms with E-state index in [1.807, 2.05) is 6.07 Å². The van der Waals surface area contributed by atoms with Crippen LogP contribution in [-0.4, -0.2) is 42.8 Å². The van der Waals surface area contributed by atoms with Crippen LogP contribution >= 0.6 is 11.6 Å². The summed E-state index contributed by atoms with van der Waals surface area (Å²) in [4.78, 5) is 14.9. The summed E-state index contributed by atoms with van der Waals surface area (Å²) in [5.74, 6) is 1.04. The maximum absolute atomic E-state index is 12.8. The van der Waals surface area contributed by atoms with Crippen LogP contribution in [0.2, 0.25) is 5.02 Å². The molecule has 0 radical (unpaired) electrons. The van der Waals surface area contributed by atoms with Crippen LogP contribution in [0, 0.1) is 5.92 Å². The fourth-order valence-corrected chi connectivity index (χ4v) is 5.29. The van der Waals surface area contributed by atoms with Crippen LogP contribution in [0.15, 0.2) is 18.2 Å². The second-order valence-corrected chi connectivity index (χ2v) is 10.1. The molecule has 4 rings (SSSR count). The van der Waals surface area contributed by atoms with Crippen molar-refractivity contribution in [3.63, 3.8) is 0 Å². The van der Waals surface area contributed by atoms with Crippen molar-refractivity contribution in [2.45, 2.75) is 63.3 Å². The van der Waals surface area contributed by atoms with Crippen molar-refractivity contribution < 1.29 is 9.53 Å². The van der Waals surface area contributed by atoms with Gasteiger partial charge in [0.15, 0.2) is 0 Å². The predicted octanol–water partition coefficient (Wildman–Crippen LogP) is 4.07. The van der Waals surface area contributed by atoms with Crippen molar-refractivity contribution in [3.8, 4) is 0 Å². The summed E-state index contributed by atoms with van der Waals surface area (Å²) in [7, 11) is 0. The number of rotatable bonds is 2. The summed E-state index contributed by atoms with van der Waals surface area (Å²) in [6, 6.07) is 6.49. The molecule has 0 bridgehead atoms. The third-order valence-electron chi connectivity index (χ3n) is 6.63. The van der Waals surface area contributed by atoms with Gasteiger partial charge in [0.05, 0.1) is 13.3 Å². The number of carbonyl (C=O) groups excluding carboxylic acids is 1. The molecule has 148 valence electrons. The van der Waals surface area contributed by atoms with Gasteiger partial charge in [0.2, 0.25) is 5.91 Å². The number of hydrogen-bond acceptors (Lipinski definition) is 3. The van der Waals surface area contributed by atoms with Crippen LogP contribution in [-0.2, 0) is 14.9 Å². The molecule has 0 atom stereocenters. The molecule has 4 nitrogen and oxygen atoms in total. The van der Waals surface area contributed by atoms with Crippen LogP contribution in [0.3, 0.4) is 0 Å². The highest BCUT2D eigenvalue weighted by atomic mass is 35.5. The van der Waals surface area contributed by atoms with Gasteiger partial charge in [0.25, 0.3) is 0 Å². The molecule has 1 N–H and O–H groups in total. The summed E-state index contributed by atoms with van der Waals surface area (Å²) >= 11 is 6.43. The Hall–Kier alpha value is -1.10. The molecule has 1 aromatic rings. The van der Waals surface area contributed by atoms with Crippen LogP contribution in [0.1, 0.15) is 63.5 Å². The fourth-order valence-electron chi connectivity index (χ4n) is 4.88. The molecule has 2 aliphatic heterocycles. The Kier molecular flexibility index (Phi) is 5.02. The Labute approximate surface area is 167 Å². The van der Waals surface area contributed by atoms with Gasteiger partial charge in [-0.05, 0) is 54.2 Å². The van der Waals surface area contributed by atoms with Gasteiger partial charge >= 0.3 is 0 Å². The molecule has 5 heteroatoms. The second-order valence-electron chi connectivity index (χ2n) is 9.64.